The van der Waals surface area contributed by atoms with Crippen LogP contribution in [0.1, 0.15) is 13.3 Å². The Morgan fingerprint density at radius 3 is 2.60 bits per heavy atom. The van der Waals surface area contributed by atoms with E-state index in [0.717, 1.165) is 12.5 Å². The summed E-state index contributed by atoms with van der Waals surface area (Å²) in [5, 5.41) is 11.3. The second-order valence-electron chi connectivity index (χ2n) is 2.79. The van der Waals surface area contributed by atoms with Gasteiger partial charge in [0.25, 0.3) is 0 Å². The monoisotopic (exact) mass is 209 g/mol. The normalized spacial score (nSPS) is 11.4. The molecule has 0 unspecified atom stereocenters. The number of hydrogen-bond donors (Lipinski definition) is 2. The fourth-order valence-electron chi connectivity index (χ4n) is 0.793. The van der Waals surface area contributed by atoms with Crippen molar-refractivity contribution < 1.29 is 14.7 Å². The molecule has 0 radical (unpaired) electrons. The summed E-state index contributed by atoms with van der Waals surface area (Å²) in [6.45, 7) is 5.86. The minimum absolute atomic E-state index is 0.0662. The molecule has 0 fully saturated rings. The Labute approximate surface area is 89.0 Å². The molecule has 0 aromatic rings. The average Bonchev–Trinajstić information content (AvgIpc) is 2.20. The van der Waals surface area contributed by atoms with Gasteiger partial charge in [-0.25, -0.2) is 4.79 Å². The molecule has 0 rings (SSSR count). The molecule has 0 aliphatic carbocycles. The summed E-state index contributed by atoms with van der Waals surface area (Å²) in [5.74, 6) is -1.54. The van der Waals surface area contributed by atoms with E-state index < -0.39 is 11.9 Å². The van der Waals surface area contributed by atoms with Crippen LogP contribution in [0.4, 0.5) is 0 Å². The van der Waals surface area contributed by atoms with Gasteiger partial charge in [0.1, 0.15) is 0 Å². The van der Waals surface area contributed by atoms with E-state index >= 15 is 0 Å². The minimum Gasteiger partial charge on any atom is -0.478 e. The van der Waals surface area contributed by atoms with E-state index in [4.69, 9.17) is 5.11 Å². The Hall–Kier alpha value is -1.84. The number of amides is 1. The lowest BCUT2D eigenvalue weighted by Crippen LogP contribution is -2.22. The van der Waals surface area contributed by atoms with Crippen LogP contribution in [0.2, 0.25) is 0 Å². The van der Waals surface area contributed by atoms with E-state index in [1.165, 1.54) is 18.2 Å². The number of rotatable bonds is 6. The highest BCUT2D eigenvalue weighted by Crippen LogP contribution is 1.97. The molecule has 2 N–H and O–H groups in total. The molecule has 15 heavy (non-hydrogen) atoms. The first-order valence-corrected chi connectivity index (χ1v) is 4.63. The van der Waals surface area contributed by atoms with Crippen molar-refractivity contribution in [1.82, 2.24) is 5.32 Å². The third-order valence-corrected chi connectivity index (χ3v) is 1.49. The zero-order chi connectivity index (χ0) is 11.7. The number of carbonyl (C=O) groups is 2. The van der Waals surface area contributed by atoms with Crippen molar-refractivity contribution >= 4 is 11.9 Å². The summed E-state index contributed by atoms with van der Waals surface area (Å²) in [7, 11) is 0. The third-order valence-electron chi connectivity index (χ3n) is 1.49. The smallest absolute Gasteiger partial charge is 0.335 e. The number of carboxylic acids is 1. The fraction of sp³-hybridized carbons (Fsp3) is 0.273. The maximum Gasteiger partial charge on any atom is 0.335 e. The lowest BCUT2D eigenvalue weighted by atomic mass is 10.2. The van der Waals surface area contributed by atoms with E-state index in [9.17, 15) is 9.59 Å². The number of carbonyl (C=O) groups excluding carboxylic acids is 1. The van der Waals surface area contributed by atoms with E-state index in [1.54, 1.807) is 0 Å². The Morgan fingerprint density at radius 2 is 2.13 bits per heavy atom. The van der Waals surface area contributed by atoms with Gasteiger partial charge in [-0.1, -0.05) is 25.7 Å². The van der Waals surface area contributed by atoms with Crippen LogP contribution in [0.5, 0.6) is 0 Å². The van der Waals surface area contributed by atoms with E-state index in [0.29, 0.717) is 6.54 Å². The number of carboxylic acid groups (broad SMARTS) is 1. The first-order chi connectivity index (χ1) is 7.11. The molecule has 0 saturated heterocycles. The highest BCUT2D eigenvalue weighted by atomic mass is 16.4. The van der Waals surface area contributed by atoms with Crippen LogP contribution < -0.4 is 5.32 Å². The maximum atomic E-state index is 11.2. The van der Waals surface area contributed by atoms with Gasteiger partial charge in [-0.3, -0.25) is 4.79 Å². The van der Waals surface area contributed by atoms with E-state index in [-0.39, 0.29) is 5.57 Å². The largest absolute Gasteiger partial charge is 0.478 e. The van der Waals surface area contributed by atoms with Crippen molar-refractivity contribution in [2.45, 2.75) is 13.3 Å². The minimum atomic E-state index is -1.14. The van der Waals surface area contributed by atoms with Gasteiger partial charge in [0.15, 0.2) is 0 Å². The van der Waals surface area contributed by atoms with Gasteiger partial charge < -0.3 is 10.4 Å². The Morgan fingerprint density at radius 1 is 1.47 bits per heavy atom. The molecule has 0 aliphatic rings. The topological polar surface area (TPSA) is 66.4 Å². The van der Waals surface area contributed by atoms with Crippen LogP contribution in [0.25, 0.3) is 0 Å². The first-order valence-electron chi connectivity index (χ1n) is 4.63. The first kappa shape index (κ1) is 13.2. The molecule has 0 atom stereocenters. The molecule has 4 nitrogen and oxygen atoms in total. The summed E-state index contributed by atoms with van der Waals surface area (Å²) in [6.07, 6.45) is 6.09. The van der Waals surface area contributed by atoms with Crippen LogP contribution in [0, 0.1) is 0 Å². The summed E-state index contributed by atoms with van der Waals surface area (Å²) >= 11 is 0. The molecule has 82 valence electrons. The number of nitrogens with one attached hydrogen (secondary N) is 1. The molecule has 0 spiro atoms. The van der Waals surface area contributed by atoms with Gasteiger partial charge in [0.05, 0.1) is 5.57 Å². The van der Waals surface area contributed by atoms with Gasteiger partial charge in [0, 0.05) is 12.6 Å². The SMILES string of the molecule is C=C/C=C\C(=C\C(=O)NCCC)C(=O)O. The van der Waals surface area contributed by atoms with Crippen LogP contribution in [0.3, 0.4) is 0 Å². The van der Waals surface area contributed by atoms with Crippen LogP contribution in [0.15, 0.2) is 36.5 Å². The van der Waals surface area contributed by atoms with Gasteiger partial charge in [-0.15, -0.1) is 0 Å². The van der Waals surface area contributed by atoms with Crippen LogP contribution in [-0.4, -0.2) is 23.5 Å². The Bertz CT molecular complexity index is 303. The molecule has 0 saturated carbocycles. The quantitative estimate of drug-likeness (QED) is 0.511. The van der Waals surface area contributed by atoms with Gasteiger partial charge in [-0.2, -0.15) is 0 Å². The molecule has 0 aliphatic heterocycles. The van der Waals surface area contributed by atoms with Gasteiger partial charge in [0.2, 0.25) is 5.91 Å². The molecule has 0 aromatic heterocycles. The molecular weight excluding hydrogens is 194 g/mol. The van der Waals surface area contributed by atoms with Crippen LogP contribution in [-0.2, 0) is 9.59 Å². The summed E-state index contributed by atoms with van der Waals surface area (Å²) in [6, 6.07) is 0. The lowest BCUT2D eigenvalue weighted by molar-refractivity contribution is -0.132. The molecule has 0 heterocycles. The van der Waals surface area contributed by atoms with Gasteiger partial charge in [-0.05, 0) is 12.5 Å². The van der Waals surface area contributed by atoms with E-state index in [1.807, 2.05) is 6.92 Å². The molecule has 1 amide bonds. The molecule has 4 heteroatoms. The average molecular weight is 209 g/mol. The van der Waals surface area contributed by atoms with Crippen molar-refractivity contribution in [2.75, 3.05) is 6.54 Å². The zero-order valence-corrected chi connectivity index (χ0v) is 8.69. The van der Waals surface area contributed by atoms with Gasteiger partial charge >= 0.3 is 5.97 Å². The number of allylic oxidation sites excluding steroid dienone is 2. The predicted molar refractivity (Wildman–Crippen MR) is 58.4 cm³/mol. The highest BCUT2D eigenvalue weighted by Gasteiger charge is 2.05. The fourth-order valence-corrected chi connectivity index (χ4v) is 0.793. The van der Waals surface area contributed by atoms with Crippen molar-refractivity contribution in [1.29, 1.82) is 0 Å². The van der Waals surface area contributed by atoms with Crippen LogP contribution >= 0.6 is 0 Å². The zero-order valence-electron chi connectivity index (χ0n) is 8.69. The molecule has 0 aromatic carbocycles. The van der Waals surface area contributed by atoms with Crippen molar-refractivity contribution in [3.63, 3.8) is 0 Å². The second-order valence-corrected chi connectivity index (χ2v) is 2.79. The summed E-state index contributed by atoms with van der Waals surface area (Å²) < 4.78 is 0. The third kappa shape index (κ3) is 6.26. The molecular formula is C11H15NO3. The number of aliphatic carboxylic acids is 1. The van der Waals surface area contributed by atoms with Crippen molar-refractivity contribution in [3.8, 4) is 0 Å². The van der Waals surface area contributed by atoms with Crippen molar-refractivity contribution in [2.24, 2.45) is 0 Å². The number of hydrogen-bond acceptors (Lipinski definition) is 2. The van der Waals surface area contributed by atoms with Crippen molar-refractivity contribution in [3.05, 3.63) is 36.5 Å². The van der Waals surface area contributed by atoms with E-state index in [2.05, 4.69) is 11.9 Å². The predicted octanol–water partition coefficient (Wildman–Crippen LogP) is 1.27. The molecule has 0 bridgehead atoms. The Balaban J connectivity index is 4.53. The maximum absolute atomic E-state index is 11.2. The highest BCUT2D eigenvalue weighted by molar-refractivity contribution is 5.99. The Kier molecular flexibility index (Phi) is 6.63. The lowest BCUT2D eigenvalue weighted by Gasteiger charge is -1.99. The summed E-state index contributed by atoms with van der Waals surface area (Å²) in [4.78, 5) is 21.9. The standard InChI is InChI=1S/C11H15NO3/c1-3-5-6-9(11(14)15)8-10(13)12-7-4-2/h3,5-6,8H,1,4,7H2,2H3,(H,12,13)(H,14,15)/b6-5-,9-8-. The second kappa shape index (κ2) is 7.55. The summed E-state index contributed by atoms with van der Waals surface area (Å²) in [5.41, 5.74) is -0.0662.